The highest BCUT2D eigenvalue weighted by atomic mass is 32.1. The molecule has 0 fully saturated rings. The van der Waals surface area contributed by atoms with Gasteiger partial charge in [-0.15, -0.1) is 11.3 Å². The number of nitrogens with zero attached hydrogens (tertiary/aromatic N) is 2. The molecule has 2 nitrogen and oxygen atoms in total. The zero-order valence-electron chi connectivity index (χ0n) is 24.3. The van der Waals surface area contributed by atoms with E-state index in [0.717, 1.165) is 32.9 Å². The fraction of sp³-hybridized carbons (Fsp3) is 0. The average molecular weight is 591 g/mol. The van der Waals surface area contributed by atoms with Gasteiger partial charge in [0.25, 0.3) is 0 Å². The monoisotopic (exact) mass is 590 g/mol. The standard InChI is InChI=1S/C42H26N2S/c1-2-9-27(10-3-1)28-17-20-30(21-18-28)41-43-40(39-37-15-6-7-16-38(37)45-42(39)44-41)34-13-8-12-31(26-34)32-23-24-36-33(25-32)22-19-29-11-4-5-14-35(29)36/h1-26H. The van der Waals surface area contributed by atoms with Crippen molar-refractivity contribution in [2.24, 2.45) is 0 Å². The quantitative estimate of drug-likeness (QED) is 0.191. The molecular weight excluding hydrogens is 565 g/mol. The third kappa shape index (κ3) is 4.48. The first-order valence-electron chi connectivity index (χ1n) is 15.2. The molecule has 210 valence electrons. The van der Waals surface area contributed by atoms with Gasteiger partial charge in [-0.3, -0.25) is 0 Å². The molecule has 2 heterocycles. The molecule has 3 heteroatoms. The molecule has 0 unspecified atom stereocenters. The first-order valence-corrected chi connectivity index (χ1v) is 16.0. The Bertz CT molecular complexity index is 2530. The van der Waals surface area contributed by atoms with E-state index in [2.05, 4.69) is 152 Å². The fourth-order valence-electron chi connectivity index (χ4n) is 6.44. The van der Waals surface area contributed by atoms with Gasteiger partial charge in [-0.05, 0) is 62.0 Å². The predicted octanol–water partition coefficient (Wildman–Crippen LogP) is 11.8. The molecule has 0 aliphatic carbocycles. The van der Waals surface area contributed by atoms with E-state index in [4.69, 9.17) is 9.97 Å². The molecule has 0 radical (unpaired) electrons. The average Bonchev–Trinajstić information content (AvgIpc) is 3.50. The Balaban J connectivity index is 1.19. The summed E-state index contributed by atoms with van der Waals surface area (Å²) in [5.41, 5.74) is 7.80. The van der Waals surface area contributed by atoms with Crippen LogP contribution < -0.4 is 0 Å². The van der Waals surface area contributed by atoms with Gasteiger partial charge in [0.1, 0.15) is 4.83 Å². The van der Waals surface area contributed by atoms with Crippen molar-refractivity contribution in [3.05, 3.63) is 158 Å². The molecule has 9 aromatic rings. The molecule has 0 atom stereocenters. The number of aromatic nitrogens is 2. The second-order valence-corrected chi connectivity index (χ2v) is 12.5. The van der Waals surface area contributed by atoms with Gasteiger partial charge in [-0.25, -0.2) is 9.97 Å². The topological polar surface area (TPSA) is 25.8 Å². The van der Waals surface area contributed by atoms with Gasteiger partial charge in [-0.1, -0.05) is 140 Å². The van der Waals surface area contributed by atoms with Crippen LogP contribution in [-0.4, -0.2) is 9.97 Å². The molecule has 0 amide bonds. The number of thiophene rings is 1. The summed E-state index contributed by atoms with van der Waals surface area (Å²) in [4.78, 5) is 11.4. The lowest BCUT2D eigenvalue weighted by Gasteiger charge is -2.11. The Labute approximate surface area is 264 Å². The predicted molar refractivity (Wildman–Crippen MR) is 192 cm³/mol. The van der Waals surface area contributed by atoms with Crippen molar-refractivity contribution in [1.82, 2.24) is 9.97 Å². The summed E-state index contributed by atoms with van der Waals surface area (Å²) in [6.45, 7) is 0. The van der Waals surface area contributed by atoms with Crippen LogP contribution in [0, 0.1) is 0 Å². The smallest absolute Gasteiger partial charge is 0.161 e. The summed E-state index contributed by atoms with van der Waals surface area (Å²) < 4.78 is 1.22. The van der Waals surface area contributed by atoms with Crippen LogP contribution in [-0.2, 0) is 0 Å². The number of hydrogen-bond donors (Lipinski definition) is 0. The van der Waals surface area contributed by atoms with E-state index in [1.54, 1.807) is 11.3 Å². The van der Waals surface area contributed by atoms with Gasteiger partial charge in [0, 0.05) is 26.6 Å². The highest BCUT2D eigenvalue weighted by molar-refractivity contribution is 7.25. The van der Waals surface area contributed by atoms with Gasteiger partial charge in [0.15, 0.2) is 5.82 Å². The lowest BCUT2D eigenvalue weighted by Crippen LogP contribution is -1.94. The molecule has 7 aromatic carbocycles. The van der Waals surface area contributed by atoms with Crippen LogP contribution in [0.15, 0.2) is 158 Å². The lowest BCUT2D eigenvalue weighted by molar-refractivity contribution is 1.24. The van der Waals surface area contributed by atoms with Gasteiger partial charge in [-0.2, -0.15) is 0 Å². The Morgan fingerprint density at radius 2 is 1.00 bits per heavy atom. The molecule has 0 saturated carbocycles. The van der Waals surface area contributed by atoms with Gasteiger partial charge >= 0.3 is 0 Å². The van der Waals surface area contributed by atoms with Crippen molar-refractivity contribution >= 4 is 53.2 Å². The molecule has 0 aliphatic heterocycles. The number of hydrogen-bond acceptors (Lipinski definition) is 3. The van der Waals surface area contributed by atoms with E-state index in [0.29, 0.717) is 0 Å². The van der Waals surface area contributed by atoms with E-state index >= 15 is 0 Å². The SMILES string of the molecule is c1ccc(-c2ccc(-c3nc(-c4cccc(-c5ccc6c(ccc7ccccc76)c5)c4)c4c(n3)sc3ccccc34)cc2)cc1. The summed E-state index contributed by atoms with van der Waals surface area (Å²) in [6.07, 6.45) is 0. The summed E-state index contributed by atoms with van der Waals surface area (Å²) in [7, 11) is 0. The van der Waals surface area contributed by atoms with E-state index in [9.17, 15) is 0 Å². The Morgan fingerprint density at radius 1 is 0.378 bits per heavy atom. The zero-order chi connectivity index (χ0) is 29.7. The van der Waals surface area contributed by atoms with E-state index in [-0.39, 0.29) is 0 Å². The van der Waals surface area contributed by atoms with Crippen molar-refractivity contribution in [1.29, 1.82) is 0 Å². The third-order valence-electron chi connectivity index (χ3n) is 8.70. The van der Waals surface area contributed by atoms with Gasteiger partial charge < -0.3 is 0 Å². The van der Waals surface area contributed by atoms with Crippen LogP contribution in [0.2, 0.25) is 0 Å². The lowest BCUT2D eigenvalue weighted by atomic mass is 9.96. The normalized spacial score (nSPS) is 11.6. The largest absolute Gasteiger partial charge is 0.227 e. The molecular formula is C42H26N2S. The van der Waals surface area contributed by atoms with Crippen molar-refractivity contribution in [3.63, 3.8) is 0 Å². The van der Waals surface area contributed by atoms with Crippen LogP contribution in [0.25, 0.3) is 86.7 Å². The minimum absolute atomic E-state index is 0.742. The Kier molecular flexibility index (Phi) is 6.03. The van der Waals surface area contributed by atoms with E-state index < -0.39 is 0 Å². The van der Waals surface area contributed by atoms with Crippen molar-refractivity contribution in [2.75, 3.05) is 0 Å². The third-order valence-corrected chi connectivity index (χ3v) is 9.77. The van der Waals surface area contributed by atoms with E-state index in [1.165, 1.54) is 53.9 Å². The maximum absolute atomic E-state index is 5.28. The van der Waals surface area contributed by atoms with Crippen LogP contribution >= 0.6 is 11.3 Å². The second kappa shape index (κ2) is 10.5. The number of rotatable bonds is 4. The molecule has 0 bridgehead atoms. The first kappa shape index (κ1) is 25.8. The van der Waals surface area contributed by atoms with Crippen molar-refractivity contribution in [3.8, 4) is 44.9 Å². The summed E-state index contributed by atoms with van der Waals surface area (Å²) in [5, 5.41) is 7.38. The van der Waals surface area contributed by atoms with E-state index in [1.807, 2.05) is 6.07 Å². The summed E-state index contributed by atoms with van der Waals surface area (Å²) >= 11 is 1.73. The number of fused-ring (bicyclic) bond motifs is 6. The minimum Gasteiger partial charge on any atom is -0.227 e. The van der Waals surface area contributed by atoms with Crippen LogP contribution in [0.1, 0.15) is 0 Å². The number of benzene rings is 7. The summed E-state index contributed by atoms with van der Waals surface area (Å²) in [5.74, 6) is 0.742. The molecule has 2 aromatic heterocycles. The molecule has 0 spiro atoms. The molecule has 45 heavy (non-hydrogen) atoms. The summed E-state index contributed by atoms with van der Waals surface area (Å²) in [6, 6.07) is 56.2. The Hall–Kier alpha value is -5.64. The van der Waals surface area contributed by atoms with Crippen LogP contribution in [0.4, 0.5) is 0 Å². The fourth-order valence-corrected chi connectivity index (χ4v) is 7.52. The van der Waals surface area contributed by atoms with Crippen molar-refractivity contribution < 1.29 is 0 Å². The van der Waals surface area contributed by atoms with Gasteiger partial charge in [0.05, 0.1) is 5.69 Å². The second-order valence-electron chi connectivity index (χ2n) is 11.4. The highest BCUT2D eigenvalue weighted by Gasteiger charge is 2.17. The minimum atomic E-state index is 0.742. The molecule has 0 N–H and O–H groups in total. The zero-order valence-corrected chi connectivity index (χ0v) is 25.1. The molecule has 0 saturated heterocycles. The van der Waals surface area contributed by atoms with Crippen LogP contribution in [0.3, 0.4) is 0 Å². The first-order chi connectivity index (χ1) is 22.3. The maximum Gasteiger partial charge on any atom is 0.161 e. The highest BCUT2D eigenvalue weighted by Crippen LogP contribution is 2.40. The van der Waals surface area contributed by atoms with Crippen molar-refractivity contribution in [2.45, 2.75) is 0 Å². The van der Waals surface area contributed by atoms with Crippen LogP contribution in [0.5, 0.6) is 0 Å². The maximum atomic E-state index is 5.28. The molecule has 0 aliphatic rings. The Morgan fingerprint density at radius 3 is 1.89 bits per heavy atom. The van der Waals surface area contributed by atoms with Gasteiger partial charge in [0.2, 0.25) is 0 Å². The molecule has 9 rings (SSSR count).